The third-order valence-electron chi connectivity index (χ3n) is 4.16. The number of carbonyl (C=O) groups is 1. The number of nitrogens with one attached hydrogen (secondary N) is 1. The van der Waals surface area contributed by atoms with Crippen molar-refractivity contribution in [1.82, 2.24) is 9.97 Å². The molecule has 4 heteroatoms. The minimum atomic E-state index is -0.380. The molecule has 1 aliphatic carbocycles. The molecule has 20 heavy (non-hydrogen) atoms. The smallest absolute Gasteiger partial charge is 0.184 e. The van der Waals surface area contributed by atoms with Gasteiger partial charge in [0.25, 0.3) is 0 Å². The lowest BCUT2D eigenvalue weighted by atomic mass is 9.63. The van der Waals surface area contributed by atoms with Crippen LogP contribution in [0.1, 0.15) is 55.9 Å². The fourth-order valence-corrected chi connectivity index (χ4v) is 3.57. The maximum atomic E-state index is 12.6. The molecule has 1 aliphatic rings. The number of hydrogen-bond donors (Lipinski definition) is 1. The van der Waals surface area contributed by atoms with Crippen LogP contribution < -0.4 is 0 Å². The summed E-state index contributed by atoms with van der Waals surface area (Å²) in [4.78, 5) is 20.2. The normalized spacial score (nSPS) is 19.6. The topological polar surface area (TPSA) is 69.5 Å². The predicted octanol–water partition coefficient (Wildman–Crippen LogP) is 3.32. The molecule has 102 valence electrons. The van der Waals surface area contributed by atoms with Crippen molar-refractivity contribution in [3.05, 3.63) is 29.1 Å². The molecule has 2 aromatic rings. The highest BCUT2D eigenvalue weighted by Gasteiger charge is 2.45. The van der Waals surface area contributed by atoms with Crippen LogP contribution in [0.3, 0.4) is 0 Å². The number of pyridine rings is 1. The maximum Gasteiger partial charge on any atom is 0.184 e. The Morgan fingerprint density at radius 1 is 1.25 bits per heavy atom. The first-order chi connectivity index (χ1) is 9.26. The van der Waals surface area contributed by atoms with Gasteiger partial charge in [-0.15, -0.1) is 0 Å². The van der Waals surface area contributed by atoms with Gasteiger partial charge in [0, 0.05) is 11.0 Å². The highest BCUT2D eigenvalue weighted by atomic mass is 16.1. The van der Waals surface area contributed by atoms with E-state index in [1.807, 2.05) is 19.9 Å². The van der Waals surface area contributed by atoms with E-state index < -0.39 is 0 Å². The lowest BCUT2D eigenvalue weighted by molar-refractivity contribution is 0.0759. The van der Waals surface area contributed by atoms with Crippen LogP contribution in [-0.2, 0) is 5.41 Å². The van der Waals surface area contributed by atoms with E-state index >= 15 is 0 Å². The SMILES string of the molecule is CC1(C)CC(C)(C)c2c([nH]c3ccc(C#N)nc23)C1=O. The fourth-order valence-electron chi connectivity index (χ4n) is 3.57. The number of fused-ring (bicyclic) bond motifs is 3. The Bertz CT molecular complexity index is 775. The summed E-state index contributed by atoms with van der Waals surface area (Å²) in [5, 5.41) is 9.01. The summed E-state index contributed by atoms with van der Waals surface area (Å²) in [6.45, 7) is 8.24. The lowest BCUT2D eigenvalue weighted by Gasteiger charge is -2.39. The van der Waals surface area contributed by atoms with Crippen LogP contribution in [0, 0.1) is 16.7 Å². The second kappa shape index (κ2) is 3.69. The Labute approximate surface area is 117 Å². The van der Waals surface area contributed by atoms with E-state index in [0.717, 1.165) is 23.0 Å². The molecule has 2 aromatic heterocycles. The molecular formula is C16H17N3O. The van der Waals surface area contributed by atoms with E-state index in [1.165, 1.54) is 0 Å². The van der Waals surface area contributed by atoms with Crippen LogP contribution in [0.2, 0.25) is 0 Å². The van der Waals surface area contributed by atoms with Crippen LogP contribution in [0.4, 0.5) is 0 Å². The first-order valence-corrected chi connectivity index (χ1v) is 6.74. The standard InChI is InChI=1S/C16H17N3O/c1-15(2)8-16(3,4)14(20)13-11(15)12-10(19-13)6-5-9(7-17)18-12/h5-6,19H,8H2,1-4H3. The number of rotatable bonds is 0. The molecule has 0 aliphatic heterocycles. The summed E-state index contributed by atoms with van der Waals surface area (Å²) in [6.07, 6.45) is 0.775. The third kappa shape index (κ3) is 1.59. The third-order valence-corrected chi connectivity index (χ3v) is 4.16. The van der Waals surface area contributed by atoms with Gasteiger partial charge in [0.05, 0.1) is 16.7 Å². The predicted molar refractivity (Wildman–Crippen MR) is 76.6 cm³/mol. The van der Waals surface area contributed by atoms with Crippen LogP contribution in [-0.4, -0.2) is 15.8 Å². The number of aromatic amines is 1. The molecule has 0 radical (unpaired) electrons. The summed E-state index contributed by atoms with van der Waals surface area (Å²) < 4.78 is 0. The first-order valence-electron chi connectivity index (χ1n) is 6.74. The van der Waals surface area contributed by atoms with E-state index in [1.54, 1.807) is 6.07 Å². The van der Waals surface area contributed by atoms with Crippen molar-refractivity contribution in [2.45, 2.75) is 39.5 Å². The van der Waals surface area contributed by atoms with Crippen molar-refractivity contribution in [2.24, 2.45) is 5.41 Å². The first kappa shape index (κ1) is 12.9. The minimum Gasteiger partial charge on any atom is -0.351 e. The summed E-state index contributed by atoms with van der Waals surface area (Å²) in [7, 11) is 0. The lowest BCUT2D eigenvalue weighted by Crippen LogP contribution is -2.39. The molecule has 4 nitrogen and oxygen atoms in total. The summed E-state index contributed by atoms with van der Waals surface area (Å²) in [5.41, 5.74) is 3.05. The molecule has 3 rings (SSSR count). The molecule has 0 bridgehead atoms. The molecular weight excluding hydrogens is 250 g/mol. The molecule has 0 aromatic carbocycles. The summed E-state index contributed by atoms with van der Waals surface area (Å²) in [6, 6.07) is 5.56. The number of ketones is 1. The maximum absolute atomic E-state index is 12.6. The number of Topliss-reactive ketones (excluding diaryl/α,β-unsaturated/α-hetero) is 1. The van der Waals surface area contributed by atoms with Gasteiger partial charge in [-0.2, -0.15) is 5.26 Å². The quantitative estimate of drug-likeness (QED) is 0.796. The van der Waals surface area contributed by atoms with Crippen LogP contribution in [0.5, 0.6) is 0 Å². The average molecular weight is 267 g/mol. The van der Waals surface area contributed by atoms with Crippen molar-refractivity contribution in [1.29, 1.82) is 5.26 Å². The summed E-state index contributed by atoms with van der Waals surface area (Å²) in [5.74, 6) is 0.128. The van der Waals surface area contributed by atoms with Gasteiger partial charge in [-0.05, 0) is 24.0 Å². The number of carbonyl (C=O) groups excluding carboxylic acids is 1. The van der Waals surface area contributed by atoms with Gasteiger partial charge in [0.1, 0.15) is 11.8 Å². The molecule has 0 saturated carbocycles. The zero-order valence-electron chi connectivity index (χ0n) is 12.2. The van der Waals surface area contributed by atoms with Crippen molar-refractivity contribution < 1.29 is 4.79 Å². The molecule has 0 amide bonds. The van der Waals surface area contributed by atoms with E-state index in [-0.39, 0.29) is 16.6 Å². The van der Waals surface area contributed by atoms with Gasteiger partial charge >= 0.3 is 0 Å². The number of aromatic nitrogens is 2. The monoisotopic (exact) mass is 267 g/mol. The molecule has 2 heterocycles. The summed E-state index contributed by atoms with van der Waals surface area (Å²) >= 11 is 0. The Balaban J connectivity index is 2.39. The number of nitriles is 1. The van der Waals surface area contributed by atoms with Gasteiger partial charge in [-0.25, -0.2) is 4.98 Å². The van der Waals surface area contributed by atoms with E-state index in [9.17, 15) is 4.79 Å². The van der Waals surface area contributed by atoms with Gasteiger partial charge in [0.15, 0.2) is 5.78 Å². The molecule has 0 atom stereocenters. The number of H-pyrrole nitrogens is 1. The van der Waals surface area contributed by atoms with Crippen molar-refractivity contribution in [2.75, 3.05) is 0 Å². The molecule has 0 saturated heterocycles. The van der Waals surface area contributed by atoms with Crippen molar-refractivity contribution in [3.63, 3.8) is 0 Å². The number of nitrogens with zero attached hydrogens (tertiary/aromatic N) is 2. The number of hydrogen-bond acceptors (Lipinski definition) is 3. The highest BCUT2D eigenvalue weighted by molar-refractivity contribution is 6.06. The van der Waals surface area contributed by atoms with E-state index in [0.29, 0.717) is 11.4 Å². The molecule has 0 spiro atoms. The largest absolute Gasteiger partial charge is 0.351 e. The Kier molecular flexibility index (Phi) is 2.38. The average Bonchev–Trinajstić information content (AvgIpc) is 2.74. The van der Waals surface area contributed by atoms with Crippen molar-refractivity contribution in [3.8, 4) is 6.07 Å². The Morgan fingerprint density at radius 2 is 1.95 bits per heavy atom. The molecule has 0 unspecified atom stereocenters. The minimum absolute atomic E-state index is 0.128. The van der Waals surface area contributed by atoms with Crippen LogP contribution in [0.15, 0.2) is 12.1 Å². The van der Waals surface area contributed by atoms with Gasteiger partial charge in [0.2, 0.25) is 0 Å². The van der Waals surface area contributed by atoms with Crippen LogP contribution in [0.25, 0.3) is 11.0 Å². The highest BCUT2D eigenvalue weighted by Crippen LogP contribution is 2.47. The molecule has 1 N–H and O–H groups in total. The molecule has 0 fully saturated rings. The Hall–Kier alpha value is -2.15. The van der Waals surface area contributed by atoms with Gasteiger partial charge in [-0.1, -0.05) is 27.7 Å². The second-order valence-corrected chi connectivity index (χ2v) is 6.85. The zero-order valence-corrected chi connectivity index (χ0v) is 12.2. The van der Waals surface area contributed by atoms with Gasteiger partial charge in [-0.3, -0.25) is 4.79 Å². The van der Waals surface area contributed by atoms with E-state index in [2.05, 4.69) is 29.9 Å². The van der Waals surface area contributed by atoms with Crippen LogP contribution >= 0.6 is 0 Å². The van der Waals surface area contributed by atoms with Gasteiger partial charge < -0.3 is 4.98 Å². The van der Waals surface area contributed by atoms with Crippen molar-refractivity contribution >= 4 is 16.8 Å². The fraction of sp³-hybridized carbons (Fsp3) is 0.438. The zero-order chi connectivity index (χ0) is 14.7. The second-order valence-electron chi connectivity index (χ2n) is 6.85. The Morgan fingerprint density at radius 3 is 2.60 bits per heavy atom. The van der Waals surface area contributed by atoms with E-state index in [4.69, 9.17) is 5.26 Å².